The molecule has 6 nitrogen and oxygen atoms in total. The van der Waals surface area contributed by atoms with Crippen LogP contribution in [0.1, 0.15) is 24.5 Å². The molecule has 0 N–H and O–H groups in total. The Morgan fingerprint density at radius 3 is 2.53 bits per heavy atom. The first-order valence-electron chi connectivity index (χ1n) is 9.54. The van der Waals surface area contributed by atoms with Gasteiger partial charge in [0.1, 0.15) is 22.8 Å². The molecule has 1 aliphatic rings. The molecular formula is C22H21Cl2NO5. The molecule has 2 aromatic carbocycles. The van der Waals surface area contributed by atoms with Gasteiger partial charge in [-0.3, -0.25) is 0 Å². The lowest BCUT2D eigenvalue weighted by Gasteiger charge is -2.32. The molecular weight excluding hydrogens is 429 g/mol. The number of hydrogen-bond donors (Lipinski definition) is 0. The Bertz CT molecular complexity index is 1170. The number of rotatable bonds is 5. The maximum Gasteiger partial charge on any atom is 0.336 e. The maximum atomic E-state index is 12.2. The first kappa shape index (κ1) is 20.7. The lowest BCUT2D eigenvalue weighted by atomic mass is 10.0. The quantitative estimate of drug-likeness (QED) is 0.484. The average Bonchev–Trinajstić information content (AvgIpc) is 2.74. The van der Waals surface area contributed by atoms with Gasteiger partial charge in [0.05, 0.1) is 42.1 Å². The zero-order valence-electron chi connectivity index (χ0n) is 16.9. The molecule has 2 heterocycles. The molecule has 8 heteroatoms. The van der Waals surface area contributed by atoms with Crippen LogP contribution in [0, 0.1) is 0 Å². The summed E-state index contributed by atoms with van der Waals surface area (Å²) in [4.78, 5) is 14.2. The van der Waals surface area contributed by atoms with Gasteiger partial charge in [-0.25, -0.2) is 4.79 Å². The van der Waals surface area contributed by atoms with E-state index in [2.05, 4.69) is 6.92 Å². The topological polar surface area (TPSA) is 61.1 Å². The highest BCUT2D eigenvalue weighted by Gasteiger charge is 2.27. The lowest BCUT2D eigenvalue weighted by molar-refractivity contribution is 0.287. The number of methoxy groups -OCH3 is 2. The van der Waals surface area contributed by atoms with Crippen molar-refractivity contribution in [1.29, 1.82) is 0 Å². The van der Waals surface area contributed by atoms with Gasteiger partial charge >= 0.3 is 5.63 Å². The summed E-state index contributed by atoms with van der Waals surface area (Å²) >= 11 is 12.9. The molecule has 0 saturated carbocycles. The Labute approximate surface area is 183 Å². The predicted octanol–water partition coefficient (Wildman–Crippen LogP) is 5.43. The highest BCUT2D eigenvalue weighted by atomic mass is 35.5. The van der Waals surface area contributed by atoms with Gasteiger partial charge in [-0.15, -0.1) is 0 Å². The summed E-state index contributed by atoms with van der Waals surface area (Å²) in [6, 6.07) is 6.83. The molecule has 0 aliphatic carbocycles. The molecule has 4 rings (SSSR count). The minimum Gasteiger partial charge on any atom is -0.495 e. The van der Waals surface area contributed by atoms with E-state index in [9.17, 15) is 4.79 Å². The van der Waals surface area contributed by atoms with Crippen LogP contribution in [0.5, 0.6) is 17.2 Å². The van der Waals surface area contributed by atoms with Gasteiger partial charge < -0.3 is 23.5 Å². The van der Waals surface area contributed by atoms with E-state index in [1.807, 2.05) is 11.0 Å². The number of ether oxygens (including phenoxy) is 3. The van der Waals surface area contributed by atoms with Crippen molar-refractivity contribution in [1.82, 2.24) is 0 Å². The van der Waals surface area contributed by atoms with Crippen molar-refractivity contribution in [3.8, 4) is 17.2 Å². The second-order valence-corrected chi connectivity index (χ2v) is 7.83. The number of anilines is 1. The summed E-state index contributed by atoms with van der Waals surface area (Å²) in [7, 11) is 3.12. The van der Waals surface area contributed by atoms with E-state index < -0.39 is 5.63 Å². The Hall–Kier alpha value is -2.57. The van der Waals surface area contributed by atoms with E-state index in [1.165, 1.54) is 6.07 Å². The molecule has 0 unspecified atom stereocenters. The smallest absolute Gasteiger partial charge is 0.336 e. The van der Waals surface area contributed by atoms with Crippen LogP contribution in [0.4, 0.5) is 5.69 Å². The molecule has 3 aromatic rings. The van der Waals surface area contributed by atoms with Crippen LogP contribution in [-0.2, 0) is 13.0 Å². The van der Waals surface area contributed by atoms with Crippen molar-refractivity contribution < 1.29 is 18.6 Å². The third-order valence-electron chi connectivity index (χ3n) is 5.15. The minimum absolute atomic E-state index is 0.232. The number of halogens is 2. The van der Waals surface area contributed by atoms with Crippen LogP contribution in [-0.4, -0.2) is 21.0 Å². The summed E-state index contributed by atoms with van der Waals surface area (Å²) in [6.07, 6.45) is 1.65. The predicted molar refractivity (Wildman–Crippen MR) is 118 cm³/mol. The highest BCUT2D eigenvalue weighted by Crippen LogP contribution is 2.44. The second kappa shape index (κ2) is 8.28. The first-order valence-corrected chi connectivity index (χ1v) is 10.3. The maximum absolute atomic E-state index is 12.2. The van der Waals surface area contributed by atoms with Gasteiger partial charge in [-0.05, 0) is 24.1 Å². The summed E-state index contributed by atoms with van der Waals surface area (Å²) in [5, 5.41) is 1.76. The fourth-order valence-electron chi connectivity index (χ4n) is 3.77. The Morgan fingerprint density at radius 2 is 1.83 bits per heavy atom. The third kappa shape index (κ3) is 3.55. The Kier molecular flexibility index (Phi) is 5.71. The monoisotopic (exact) mass is 449 g/mol. The largest absolute Gasteiger partial charge is 0.495 e. The van der Waals surface area contributed by atoms with E-state index in [4.69, 9.17) is 41.8 Å². The van der Waals surface area contributed by atoms with Crippen LogP contribution in [0.2, 0.25) is 10.0 Å². The average molecular weight is 450 g/mol. The van der Waals surface area contributed by atoms with Crippen LogP contribution in [0.3, 0.4) is 0 Å². The van der Waals surface area contributed by atoms with Crippen molar-refractivity contribution in [2.24, 2.45) is 0 Å². The summed E-state index contributed by atoms with van der Waals surface area (Å²) < 4.78 is 22.4. The zero-order valence-corrected chi connectivity index (χ0v) is 18.4. The number of fused-ring (bicyclic) bond motifs is 3. The molecule has 0 spiro atoms. The second-order valence-electron chi connectivity index (χ2n) is 7.01. The molecule has 158 valence electrons. The van der Waals surface area contributed by atoms with E-state index in [-0.39, 0.29) is 6.73 Å². The van der Waals surface area contributed by atoms with Crippen molar-refractivity contribution >= 4 is 39.9 Å². The molecule has 0 saturated heterocycles. The highest BCUT2D eigenvalue weighted by molar-refractivity contribution is 6.33. The van der Waals surface area contributed by atoms with Crippen LogP contribution >= 0.6 is 23.2 Å². The van der Waals surface area contributed by atoms with Crippen molar-refractivity contribution in [3.63, 3.8) is 0 Å². The first-order chi connectivity index (χ1) is 14.5. The fourth-order valence-corrected chi connectivity index (χ4v) is 4.29. The SMILES string of the molecule is CCCc1cc(=O)oc2c3c(c(Cl)cc12)OCN(c1cc(Cl)c(OC)cc1OC)C3. The Morgan fingerprint density at radius 1 is 1.07 bits per heavy atom. The molecule has 30 heavy (non-hydrogen) atoms. The molecule has 0 bridgehead atoms. The van der Waals surface area contributed by atoms with Crippen LogP contribution in [0.15, 0.2) is 33.5 Å². The minimum atomic E-state index is -0.391. The third-order valence-corrected chi connectivity index (χ3v) is 5.72. The van der Waals surface area contributed by atoms with Crippen molar-refractivity contribution in [3.05, 3.63) is 55.9 Å². The van der Waals surface area contributed by atoms with E-state index in [1.54, 1.807) is 26.4 Å². The van der Waals surface area contributed by atoms with E-state index in [0.29, 0.717) is 45.0 Å². The lowest BCUT2D eigenvalue weighted by Crippen LogP contribution is -2.32. The van der Waals surface area contributed by atoms with E-state index >= 15 is 0 Å². The summed E-state index contributed by atoms with van der Waals surface area (Å²) in [6.45, 7) is 2.70. The van der Waals surface area contributed by atoms with Crippen LogP contribution in [0.25, 0.3) is 11.0 Å². The number of nitrogens with zero attached hydrogens (tertiary/aromatic N) is 1. The van der Waals surface area contributed by atoms with Crippen molar-refractivity contribution in [2.45, 2.75) is 26.3 Å². The number of hydrogen-bond acceptors (Lipinski definition) is 6. The summed E-state index contributed by atoms with van der Waals surface area (Å²) in [5.74, 6) is 1.62. The molecule has 0 radical (unpaired) electrons. The zero-order chi connectivity index (χ0) is 21.4. The van der Waals surface area contributed by atoms with Crippen molar-refractivity contribution in [2.75, 3.05) is 25.9 Å². The van der Waals surface area contributed by atoms with Gasteiger partial charge in [-0.1, -0.05) is 36.5 Å². The van der Waals surface area contributed by atoms with Gasteiger partial charge in [0.15, 0.2) is 6.73 Å². The normalized spacial score (nSPS) is 13.2. The van der Waals surface area contributed by atoms with Gasteiger partial charge in [0.25, 0.3) is 0 Å². The van der Waals surface area contributed by atoms with Gasteiger partial charge in [-0.2, -0.15) is 0 Å². The standard InChI is InChI=1S/C22H21Cl2NO5/c1-4-5-12-6-20(26)30-21-13(12)7-16(24)22-14(21)10-25(11-29-22)17-8-15(23)18(27-2)9-19(17)28-3/h6-9H,4-5,10-11H2,1-3H3. The number of aryl methyl sites for hydroxylation is 1. The van der Waals surface area contributed by atoms with E-state index in [0.717, 1.165) is 29.5 Å². The fraction of sp³-hybridized carbons (Fsp3) is 0.318. The molecule has 0 amide bonds. The van der Waals surface area contributed by atoms with Crippen LogP contribution < -0.4 is 24.7 Å². The molecule has 1 aliphatic heterocycles. The Balaban J connectivity index is 1.86. The summed E-state index contributed by atoms with van der Waals surface area (Å²) in [5.41, 5.74) is 2.46. The van der Waals surface area contributed by atoms with Gasteiger partial charge in [0.2, 0.25) is 0 Å². The van der Waals surface area contributed by atoms with Gasteiger partial charge in [0, 0.05) is 17.5 Å². The molecule has 0 atom stereocenters. The molecule has 1 aromatic heterocycles. The molecule has 0 fully saturated rings. The number of benzene rings is 2.